The average molecular weight is 367 g/mol. The van der Waals surface area contributed by atoms with Crippen molar-refractivity contribution in [2.45, 2.75) is 45.8 Å². The molecule has 0 spiro atoms. The molecule has 1 N–H and O–H groups in total. The second-order valence-electron chi connectivity index (χ2n) is 7.50. The van der Waals surface area contributed by atoms with Crippen molar-refractivity contribution in [3.8, 4) is 0 Å². The Morgan fingerprint density at radius 1 is 1.22 bits per heavy atom. The second kappa shape index (κ2) is 9.40. The SMILES string of the molecule is CC(C)CNc1ccc([C@@H]2CCCCN2C(=O)OCc2ccccc2)cn1. The number of aromatic nitrogens is 1. The predicted octanol–water partition coefficient (Wildman–Crippen LogP) is 5.01. The Kier molecular flexibility index (Phi) is 6.69. The van der Waals surface area contributed by atoms with Crippen LogP contribution < -0.4 is 5.32 Å². The van der Waals surface area contributed by atoms with Gasteiger partial charge in [-0.3, -0.25) is 0 Å². The number of anilines is 1. The summed E-state index contributed by atoms with van der Waals surface area (Å²) in [4.78, 5) is 19.0. The third-order valence-electron chi connectivity index (χ3n) is 4.81. The maximum Gasteiger partial charge on any atom is 0.410 e. The highest BCUT2D eigenvalue weighted by molar-refractivity contribution is 5.68. The number of hydrogen-bond acceptors (Lipinski definition) is 4. The number of hydrogen-bond donors (Lipinski definition) is 1. The van der Waals surface area contributed by atoms with Crippen molar-refractivity contribution in [2.75, 3.05) is 18.4 Å². The lowest BCUT2D eigenvalue weighted by Gasteiger charge is -2.35. The molecule has 1 aromatic heterocycles. The van der Waals surface area contributed by atoms with E-state index in [-0.39, 0.29) is 12.1 Å². The zero-order chi connectivity index (χ0) is 19.1. The van der Waals surface area contributed by atoms with E-state index in [1.54, 1.807) is 0 Å². The van der Waals surface area contributed by atoms with Crippen LogP contribution in [-0.2, 0) is 11.3 Å². The summed E-state index contributed by atoms with van der Waals surface area (Å²) in [5.41, 5.74) is 2.07. The van der Waals surface area contributed by atoms with Crippen LogP contribution in [0.4, 0.5) is 10.6 Å². The molecule has 5 heteroatoms. The lowest BCUT2D eigenvalue weighted by atomic mass is 9.97. The molecule has 0 saturated carbocycles. The van der Waals surface area contributed by atoms with Gasteiger partial charge in [0.15, 0.2) is 0 Å². The third kappa shape index (κ3) is 5.46. The molecule has 2 aromatic rings. The highest BCUT2D eigenvalue weighted by Gasteiger charge is 2.29. The highest BCUT2D eigenvalue weighted by atomic mass is 16.6. The molecule has 0 radical (unpaired) electrons. The molecule has 1 amide bonds. The first-order valence-corrected chi connectivity index (χ1v) is 9.80. The van der Waals surface area contributed by atoms with Gasteiger partial charge in [-0.15, -0.1) is 0 Å². The largest absolute Gasteiger partial charge is 0.445 e. The maximum atomic E-state index is 12.7. The van der Waals surface area contributed by atoms with Crippen LogP contribution in [0.2, 0.25) is 0 Å². The topological polar surface area (TPSA) is 54.5 Å². The van der Waals surface area contributed by atoms with Crippen LogP contribution in [0.15, 0.2) is 48.7 Å². The predicted molar refractivity (Wildman–Crippen MR) is 107 cm³/mol. The maximum absolute atomic E-state index is 12.7. The van der Waals surface area contributed by atoms with Crippen molar-refractivity contribution in [2.24, 2.45) is 5.92 Å². The van der Waals surface area contributed by atoms with Crippen molar-refractivity contribution in [3.05, 3.63) is 59.8 Å². The van der Waals surface area contributed by atoms with E-state index in [9.17, 15) is 4.79 Å². The smallest absolute Gasteiger partial charge is 0.410 e. The molecule has 0 unspecified atom stereocenters. The Labute approximate surface area is 161 Å². The Bertz CT molecular complexity index is 716. The van der Waals surface area contributed by atoms with E-state index in [1.807, 2.05) is 47.5 Å². The van der Waals surface area contributed by atoms with Crippen molar-refractivity contribution >= 4 is 11.9 Å². The quantitative estimate of drug-likeness (QED) is 0.779. The fraction of sp³-hybridized carbons (Fsp3) is 0.455. The molecule has 1 saturated heterocycles. The molecule has 0 bridgehead atoms. The molecular formula is C22H29N3O2. The van der Waals surface area contributed by atoms with Crippen LogP contribution in [0.5, 0.6) is 0 Å². The first-order chi connectivity index (χ1) is 13.1. The lowest BCUT2D eigenvalue weighted by Crippen LogP contribution is -2.38. The number of carbonyl (C=O) groups excluding carboxylic acids is 1. The molecule has 0 aliphatic carbocycles. The summed E-state index contributed by atoms with van der Waals surface area (Å²) in [6.07, 6.45) is 4.71. The molecule has 1 aliphatic heterocycles. The van der Waals surface area contributed by atoms with Crippen molar-refractivity contribution in [3.63, 3.8) is 0 Å². The molecule has 1 atom stereocenters. The van der Waals surface area contributed by atoms with E-state index in [4.69, 9.17) is 4.74 Å². The third-order valence-corrected chi connectivity index (χ3v) is 4.81. The second-order valence-corrected chi connectivity index (χ2v) is 7.50. The highest BCUT2D eigenvalue weighted by Crippen LogP contribution is 2.31. The van der Waals surface area contributed by atoms with Gasteiger partial charge in [-0.1, -0.05) is 50.2 Å². The Morgan fingerprint density at radius 3 is 2.74 bits per heavy atom. The van der Waals surface area contributed by atoms with Gasteiger partial charge in [-0.05, 0) is 42.4 Å². The number of likely N-dealkylation sites (tertiary alicyclic amines) is 1. The van der Waals surface area contributed by atoms with Crippen LogP contribution in [0.25, 0.3) is 0 Å². The number of nitrogens with zero attached hydrogens (tertiary/aromatic N) is 2. The van der Waals surface area contributed by atoms with Gasteiger partial charge in [0.05, 0.1) is 6.04 Å². The number of amides is 1. The van der Waals surface area contributed by atoms with Crippen LogP contribution in [0, 0.1) is 5.92 Å². The molecular weight excluding hydrogens is 338 g/mol. The number of carbonyl (C=O) groups is 1. The zero-order valence-corrected chi connectivity index (χ0v) is 16.2. The summed E-state index contributed by atoms with van der Waals surface area (Å²) < 4.78 is 5.56. The van der Waals surface area contributed by atoms with Crippen molar-refractivity contribution in [1.82, 2.24) is 9.88 Å². The number of nitrogens with one attached hydrogen (secondary N) is 1. The minimum absolute atomic E-state index is 0.0358. The summed E-state index contributed by atoms with van der Waals surface area (Å²) in [6.45, 7) is 6.27. The minimum atomic E-state index is -0.245. The van der Waals surface area contributed by atoms with E-state index in [0.29, 0.717) is 12.5 Å². The van der Waals surface area contributed by atoms with Crippen molar-refractivity contribution < 1.29 is 9.53 Å². The summed E-state index contributed by atoms with van der Waals surface area (Å²) in [5.74, 6) is 1.45. The number of piperidine rings is 1. The molecule has 1 fully saturated rings. The van der Waals surface area contributed by atoms with E-state index in [2.05, 4.69) is 30.2 Å². The van der Waals surface area contributed by atoms with Gasteiger partial charge in [-0.25, -0.2) is 9.78 Å². The molecule has 1 aromatic carbocycles. The monoisotopic (exact) mass is 367 g/mol. The molecule has 5 nitrogen and oxygen atoms in total. The van der Waals surface area contributed by atoms with E-state index in [0.717, 1.165) is 49.3 Å². The van der Waals surface area contributed by atoms with Gasteiger partial charge in [0.1, 0.15) is 12.4 Å². The van der Waals surface area contributed by atoms with E-state index >= 15 is 0 Å². The van der Waals surface area contributed by atoms with Gasteiger partial charge in [0, 0.05) is 19.3 Å². The summed E-state index contributed by atoms with van der Waals surface area (Å²) in [7, 11) is 0. The van der Waals surface area contributed by atoms with E-state index in [1.165, 1.54) is 0 Å². The zero-order valence-electron chi connectivity index (χ0n) is 16.2. The standard InChI is InChI=1S/C22H29N3O2/c1-17(2)14-23-21-12-11-19(15-24-21)20-10-6-7-13-25(20)22(26)27-16-18-8-4-3-5-9-18/h3-5,8-9,11-12,15,17,20H,6-7,10,13-14,16H2,1-2H3,(H,23,24)/t20-/m0/s1. The molecule has 2 heterocycles. The molecule has 1 aliphatic rings. The van der Waals surface area contributed by atoms with Crippen LogP contribution in [-0.4, -0.2) is 29.1 Å². The summed E-state index contributed by atoms with van der Waals surface area (Å²) >= 11 is 0. The first kappa shape index (κ1) is 19.2. The number of pyridine rings is 1. The van der Waals surface area contributed by atoms with Crippen LogP contribution >= 0.6 is 0 Å². The Morgan fingerprint density at radius 2 is 2.04 bits per heavy atom. The Hall–Kier alpha value is -2.56. The lowest BCUT2D eigenvalue weighted by molar-refractivity contribution is 0.0678. The fourth-order valence-corrected chi connectivity index (χ4v) is 3.31. The van der Waals surface area contributed by atoms with Gasteiger partial charge in [0.2, 0.25) is 0 Å². The first-order valence-electron chi connectivity index (χ1n) is 9.80. The molecule has 144 valence electrons. The van der Waals surface area contributed by atoms with Crippen molar-refractivity contribution in [1.29, 1.82) is 0 Å². The summed E-state index contributed by atoms with van der Waals surface area (Å²) in [5, 5.41) is 3.33. The molecule has 3 rings (SSSR count). The number of rotatable bonds is 6. The van der Waals surface area contributed by atoms with E-state index < -0.39 is 0 Å². The van der Waals surface area contributed by atoms with Gasteiger partial charge in [0.25, 0.3) is 0 Å². The molecule has 27 heavy (non-hydrogen) atoms. The average Bonchev–Trinajstić information content (AvgIpc) is 2.71. The minimum Gasteiger partial charge on any atom is -0.445 e. The van der Waals surface area contributed by atoms with Gasteiger partial charge >= 0.3 is 6.09 Å². The normalized spacial score (nSPS) is 17.0. The number of ether oxygens (including phenoxy) is 1. The van der Waals surface area contributed by atoms with Crippen LogP contribution in [0.1, 0.15) is 50.3 Å². The Balaban J connectivity index is 1.63. The fourth-order valence-electron chi connectivity index (χ4n) is 3.31. The van der Waals surface area contributed by atoms with Crippen LogP contribution in [0.3, 0.4) is 0 Å². The van der Waals surface area contributed by atoms with Gasteiger partial charge in [-0.2, -0.15) is 0 Å². The summed E-state index contributed by atoms with van der Waals surface area (Å²) in [6, 6.07) is 13.9. The number of benzene rings is 1. The van der Waals surface area contributed by atoms with Gasteiger partial charge < -0.3 is 15.0 Å².